The lowest BCUT2D eigenvalue weighted by molar-refractivity contribution is -0.142. The van der Waals surface area contributed by atoms with Gasteiger partial charge < -0.3 is 15.0 Å². The smallest absolute Gasteiger partial charge is 0.261 e. The van der Waals surface area contributed by atoms with Crippen molar-refractivity contribution >= 4 is 23.4 Å². The van der Waals surface area contributed by atoms with Crippen LogP contribution in [0.5, 0.6) is 5.75 Å². The number of carbonyl (C=O) groups excluding carboxylic acids is 2. The molecule has 2 aromatic carbocycles. The SMILES string of the molecule is Cc1cc(C)cc(OCC(=O)N(Cc2cccc(Cl)c2)C(C)C(=O)NC(C)C)c1. The molecule has 2 amide bonds. The third-order valence-electron chi connectivity index (χ3n) is 4.40. The minimum absolute atomic E-state index is 0.0143. The highest BCUT2D eigenvalue weighted by molar-refractivity contribution is 6.30. The molecule has 0 bridgehead atoms. The topological polar surface area (TPSA) is 58.6 Å². The van der Waals surface area contributed by atoms with E-state index in [1.54, 1.807) is 19.1 Å². The number of carbonyl (C=O) groups is 2. The van der Waals surface area contributed by atoms with Gasteiger partial charge in [0.2, 0.25) is 5.91 Å². The standard InChI is InChI=1S/C23H29ClN2O3/c1-15(2)25-23(28)18(5)26(13-19-7-6-8-20(24)12-19)22(27)14-29-21-10-16(3)9-17(4)11-21/h6-12,15,18H,13-14H2,1-5H3,(H,25,28). The lowest BCUT2D eigenvalue weighted by Gasteiger charge is -2.29. The highest BCUT2D eigenvalue weighted by Gasteiger charge is 2.27. The van der Waals surface area contributed by atoms with Gasteiger partial charge in [-0.25, -0.2) is 0 Å². The first-order valence-corrected chi connectivity index (χ1v) is 10.1. The molecule has 2 aromatic rings. The lowest BCUT2D eigenvalue weighted by Crippen LogP contribution is -2.50. The Hall–Kier alpha value is -2.53. The zero-order valence-corrected chi connectivity index (χ0v) is 18.4. The van der Waals surface area contributed by atoms with E-state index in [4.69, 9.17) is 16.3 Å². The van der Waals surface area contributed by atoms with Crippen LogP contribution in [0.4, 0.5) is 0 Å². The van der Waals surface area contributed by atoms with Crippen molar-refractivity contribution in [2.24, 2.45) is 0 Å². The minimum atomic E-state index is -0.647. The summed E-state index contributed by atoms with van der Waals surface area (Å²) in [6.07, 6.45) is 0. The number of aryl methyl sites for hydroxylation is 2. The van der Waals surface area contributed by atoms with Gasteiger partial charge in [0.05, 0.1) is 0 Å². The number of benzene rings is 2. The fourth-order valence-corrected chi connectivity index (χ4v) is 3.28. The summed E-state index contributed by atoms with van der Waals surface area (Å²) in [5.74, 6) is 0.162. The van der Waals surface area contributed by atoms with E-state index in [0.717, 1.165) is 16.7 Å². The van der Waals surface area contributed by atoms with E-state index >= 15 is 0 Å². The molecular weight excluding hydrogens is 388 g/mol. The molecular formula is C23H29ClN2O3. The molecule has 0 aliphatic heterocycles. The summed E-state index contributed by atoms with van der Waals surface area (Å²) < 4.78 is 5.73. The largest absolute Gasteiger partial charge is 0.484 e. The van der Waals surface area contributed by atoms with E-state index in [0.29, 0.717) is 10.8 Å². The van der Waals surface area contributed by atoms with Crippen LogP contribution in [0.2, 0.25) is 5.02 Å². The van der Waals surface area contributed by atoms with Gasteiger partial charge in [0, 0.05) is 17.6 Å². The zero-order chi connectivity index (χ0) is 21.6. The van der Waals surface area contributed by atoms with Crippen LogP contribution in [0.25, 0.3) is 0 Å². The van der Waals surface area contributed by atoms with Gasteiger partial charge in [-0.05, 0) is 75.6 Å². The normalized spacial score (nSPS) is 11.8. The molecule has 0 fully saturated rings. The van der Waals surface area contributed by atoms with Gasteiger partial charge in [-0.2, -0.15) is 0 Å². The summed E-state index contributed by atoms with van der Waals surface area (Å²) in [5, 5.41) is 3.45. The summed E-state index contributed by atoms with van der Waals surface area (Å²) in [5.41, 5.74) is 2.97. The Balaban J connectivity index is 2.17. The van der Waals surface area contributed by atoms with Gasteiger partial charge >= 0.3 is 0 Å². The monoisotopic (exact) mass is 416 g/mol. The molecule has 1 atom stereocenters. The van der Waals surface area contributed by atoms with E-state index in [9.17, 15) is 9.59 Å². The average Bonchev–Trinajstić information content (AvgIpc) is 2.62. The van der Waals surface area contributed by atoms with Crippen molar-refractivity contribution in [1.82, 2.24) is 10.2 Å². The molecule has 0 saturated carbocycles. The minimum Gasteiger partial charge on any atom is -0.484 e. The number of nitrogens with one attached hydrogen (secondary N) is 1. The maximum absolute atomic E-state index is 13.0. The summed E-state index contributed by atoms with van der Waals surface area (Å²) in [6, 6.07) is 12.4. The second kappa shape index (κ2) is 10.3. The predicted octanol–water partition coefficient (Wildman–Crippen LogP) is 4.28. The van der Waals surface area contributed by atoms with E-state index in [1.165, 1.54) is 4.90 Å². The Labute approximate surface area is 178 Å². The van der Waals surface area contributed by atoms with E-state index in [2.05, 4.69) is 5.32 Å². The molecule has 0 aliphatic carbocycles. The average molecular weight is 417 g/mol. The molecule has 0 aliphatic rings. The van der Waals surface area contributed by atoms with Crippen molar-refractivity contribution in [2.75, 3.05) is 6.61 Å². The zero-order valence-electron chi connectivity index (χ0n) is 17.7. The maximum Gasteiger partial charge on any atom is 0.261 e. The van der Waals surface area contributed by atoms with Crippen molar-refractivity contribution in [3.63, 3.8) is 0 Å². The summed E-state index contributed by atoms with van der Waals surface area (Å²) in [6.45, 7) is 9.56. The molecule has 1 N–H and O–H groups in total. The van der Waals surface area contributed by atoms with Gasteiger partial charge in [0.15, 0.2) is 6.61 Å². The molecule has 6 heteroatoms. The molecule has 0 saturated heterocycles. The Morgan fingerprint density at radius 3 is 2.31 bits per heavy atom. The highest BCUT2D eigenvalue weighted by Crippen LogP contribution is 2.18. The van der Waals surface area contributed by atoms with Crippen LogP contribution in [0.3, 0.4) is 0 Å². The fraction of sp³-hybridized carbons (Fsp3) is 0.391. The number of nitrogens with zero attached hydrogens (tertiary/aromatic N) is 1. The summed E-state index contributed by atoms with van der Waals surface area (Å²) >= 11 is 6.08. The first-order valence-electron chi connectivity index (χ1n) is 9.71. The van der Waals surface area contributed by atoms with Crippen molar-refractivity contribution in [3.05, 3.63) is 64.2 Å². The third kappa shape index (κ3) is 7.09. The van der Waals surface area contributed by atoms with Crippen LogP contribution in [0.1, 0.15) is 37.5 Å². The molecule has 29 heavy (non-hydrogen) atoms. The Morgan fingerprint density at radius 2 is 1.72 bits per heavy atom. The quantitative estimate of drug-likeness (QED) is 0.698. The lowest BCUT2D eigenvalue weighted by atomic mass is 10.1. The molecule has 0 aromatic heterocycles. The van der Waals surface area contributed by atoms with Crippen LogP contribution in [0, 0.1) is 13.8 Å². The Bertz CT molecular complexity index is 847. The maximum atomic E-state index is 13.0. The summed E-state index contributed by atoms with van der Waals surface area (Å²) in [7, 11) is 0. The van der Waals surface area contributed by atoms with Crippen LogP contribution in [0.15, 0.2) is 42.5 Å². The van der Waals surface area contributed by atoms with Crippen molar-refractivity contribution in [3.8, 4) is 5.75 Å². The first kappa shape index (κ1) is 22.8. The number of hydrogen-bond acceptors (Lipinski definition) is 3. The number of halogens is 1. The molecule has 0 radical (unpaired) electrons. The molecule has 5 nitrogen and oxygen atoms in total. The van der Waals surface area contributed by atoms with E-state index < -0.39 is 6.04 Å². The van der Waals surface area contributed by atoms with E-state index in [1.807, 2.05) is 58.0 Å². The van der Waals surface area contributed by atoms with Crippen LogP contribution < -0.4 is 10.1 Å². The molecule has 156 valence electrons. The Kier molecular flexibility index (Phi) is 8.09. The van der Waals surface area contributed by atoms with Gasteiger partial charge in [-0.15, -0.1) is 0 Å². The van der Waals surface area contributed by atoms with Crippen LogP contribution >= 0.6 is 11.6 Å². The van der Waals surface area contributed by atoms with Crippen molar-refractivity contribution in [1.29, 1.82) is 0 Å². The van der Waals surface area contributed by atoms with Crippen LogP contribution in [-0.4, -0.2) is 35.4 Å². The van der Waals surface area contributed by atoms with E-state index in [-0.39, 0.29) is 31.0 Å². The molecule has 1 unspecified atom stereocenters. The van der Waals surface area contributed by atoms with Gasteiger partial charge in [-0.1, -0.05) is 29.8 Å². The fourth-order valence-electron chi connectivity index (χ4n) is 3.06. The Morgan fingerprint density at radius 1 is 1.07 bits per heavy atom. The van der Waals surface area contributed by atoms with Crippen molar-refractivity contribution < 1.29 is 14.3 Å². The highest BCUT2D eigenvalue weighted by atomic mass is 35.5. The first-order chi connectivity index (χ1) is 13.7. The van der Waals surface area contributed by atoms with Gasteiger partial charge in [-0.3, -0.25) is 9.59 Å². The number of ether oxygens (including phenoxy) is 1. The molecule has 2 rings (SSSR count). The number of amides is 2. The predicted molar refractivity (Wildman–Crippen MR) is 116 cm³/mol. The van der Waals surface area contributed by atoms with Gasteiger partial charge in [0.25, 0.3) is 5.91 Å². The number of hydrogen-bond donors (Lipinski definition) is 1. The second-order valence-corrected chi connectivity index (χ2v) is 8.04. The third-order valence-corrected chi connectivity index (χ3v) is 4.63. The number of rotatable bonds is 8. The molecule has 0 spiro atoms. The summed E-state index contributed by atoms with van der Waals surface area (Å²) in [4.78, 5) is 27.1. The van der Waals surface area contributed by atoms with Gasteiger partial charge in [0.1, 0.15) is 11.8 Å². The molecule has 0 heterocycles. The van der Waals surface area contributed by atoms with Crippen molar-refractivity contribution in [2.45, 2.75) is 53.2 Å². The van der Waals surface area contributed by atoms with Crippen LogP contribution in [-0.2, 0) is 16.1 Å². The second-order valence-electron chi connectivity index (χ2n) is 7.60.